The summed E-state index contributed by atoms with van der Waals surface area (Å²) < 4.78 is 0. The Morgan fingerprint density at radius 2 is 1.16 bits per heavy atom. The normalized spacial score (nSPS) is 11.5. The van der Waals surface area contributed by atoms with Crippen molar-refractivity contribution in [3.8, 4) is 0 Å². The molecule has 0 aliphatic carbocycles. The lowest BCUT2D eigenvalue weighted by molar-refractivity contribution is -0.139. The molecule has 0 aromatic carbocycles. The van der Waals surface area contributed by atoms with E-state index in [1.807, 2.05) is 27.7 Å². The summed E-state index contributed by atoms with van der Waals surface area (Å²) >= 11 is 0. The molecule has 0 fully saturated rings. The fourth-order valence-electron chi connectivity index (χ4n) is 2.20. The van der Waals surface area contributed by atoms with Gasteiger partial charge in [-0.2, -0.15) is 0 Å². The number of nitrogens with zero attached hydrogens (tertiary/aromatic N) is 2. The maximum absolute atomic E-state index is 12.4. The topological polar surface area (TPSA) is 74.8 Å². The molecule has 0 saturated heterocycles. The summed E-state index contributed by atoms with van der Waals surface area (Å²) in [6.45, 7) is 13.5. The molecule has 0 bridgehead atoms. The van der Waals surface area contributed by atoms with Gasteiger partial charge in [0.15, 0.2) is 5.78 Å². The van der Waals surface area contributed by atoms with Crippen LogP contribution < -0.4 is 0 Å². The number of carbonyl (C=O) groups is 4. The number of rotatable bonds is 12. The Bertz CT molecular complexity index is 484. The van der Waals surface area contributed by atoms with E-state index in [0.29, 0.717) is 13.1 Å². The highest BCUT2D eigenvalue weighted by molar-refractivity contribution is 5.88. The van der Waals surface area contributed by atoms with Crippen LogP contribution in [0.15, 0.2) is 0 Å². The van der Waals surface area contributed by atoms with Gasteiger partial charge in [0.2, 0.25) is 5.91 Å². The van der Waals surface area contributed by atoms with Crippen LogP contribution in [0.25, 0.3) is 0 Å². The van der Waals surface area contributed by atoms with Crippen LogP contribution in [0.2, 0.25) is 0 Å². The molecule has 0 heterocycles. The van der Waals surface area contributed by atoms with Crippen molar-refractivity contribution in [2.45, 2.75) is 48.5 Å². The number of hydrogen-bond acceptors (Lipinski definition) is 5. The van der Waals surface area contributed by atoms with Crippen molar-refractivity contribution in [3.05, 3.63) is 0 Å². The van der Waals surface area contributed by atoms with E-state index in [2.05, 4.69) is 0 Å². The first-order valence-electron chi connectivity index (χ1n) is 9.01. The summed E-state index contributed by atoms with van der Waals surface area (Å²) in [6.07, 6.45) is 0. The minimum atomic E-state index is -0.210. The molecule has 0 N–H and O–H groups in total. The molecule has 0 saturated carbocycles. The Balaban J connectivity index is 5.03. The van der Waals surface area contributed by atoms with Gasteiger partial charge in [-0.1, -0.05) is 41.5 Å². The van der Waals surface area contributed by atoms with Crippen molar-refractivity contribution in [2.24, 2.45) is 17.8 Å². The summed E-state index contributed by atoms with van der Waals surface area (Å²) in [5.41, 5.74) is 0. The summed E-state index contributed by atoms with van der Waals surface area (Å²) in [5, 5.41) is 0. The van der Waals surface area contributed by atoms with Gasteiger partial charge < -0.3 is 4.90 Å². The molecule has 0 radical (unpaired) electrons. The highest BCUT2D eigenvalue weighted by Crippen LogP contribution is 2.06. The Kier molecular flexibility index (Phi) is 10.4. The number of ketones is 3. The van der Waals surface area contributed by atoms with Crippen molar-refractivity contribution in [3.63, 3.8) is 0 Å². The third kappa shape index (κ3) is 9.48. The molecule has 0 rings (SSSR count). The third-order valence-electron chi connectivity index (χ3n) is 3.95. The monoisotopic (exact) mass is 354 g/mol. The van der Waals surface area contributed by atoms with Gasteiger partial charge in [0.05, 0.1) is 19.6 Å². The van der Waals surface area contributed by atoms with Gasteiger partial charge >= 0.3 is 0 Å². The lowest BCUT2D eigenvalue weighted by Crippen LogP contribution is -2.45. The van der Waals surface area contributed by atoms with Gasteiger partial charge in [0.25, 0.3) is 0 Å². The Morgan fingerprint density at radius 1 is 0.680 bits per heavy atom. The minimum Gasteiger partial charge on any atom is -0.334 e. The molecule has 0 aliphatic heterocycles. The second-order valence-electron chi connectivity index (χ2n) is 7.57. The standard InChI is InChI=1S/C19H34N2O4/c1-13(2)17(23)11-20(10-16(7)22)8-9-21(19(25)15(5)6)12-18(24)14(3)4/h13-15H,8-12H2,1-7H3. The van der Waals surface area contributed by atoms with Crippen LogP contribution in [0, 0.1) is 17.8 Å². The largest absolute Gasteiger partial charge is 0.334 e. The van der Waals surface area contributed by atoms with Crippen LogP contribution in [-0.4, -0.2) is 65.8 Å². The smallest absolute Gasteiger partial charge is 0.225 e. The second-order valence-corrected chi connectivity index (χ2v) is 7.57. The first-order valence-corrected chi connectivity index (χ1v) is 9.01. The lowest BCUT2D eigenvalue weighted by atomic mass is 10.1. The van der Waals surface area contributed by atoms with Gasteiger partial charge in [-0.15, -0.1) is 0 Å². The first kappa shape index (κ1) is 23.4. The number of Topliss-reactive ketones (excluding diaryl/α,β-unsaturated/α-hetero) is 3. The predicted octanol–water partition coefficient (Wildman–Crippen LogP) is 1.81. The number of hydrogen-bond donors (Lipinski definition) is 0. The van der Waals surface area contributed by atoms with E-state index < -0.39 is 0 Å². The van der Waals surface area contributed by atoms with E-state index in [-0.39, 0.29) is 60.6 Å². The lowest BCUT2D eigenvalue weighted by Gasteiger charge is -2.28. The number of carbonyl (C=O) groups excluding carboxylic acids is 4. The van der Waals surface area contributed by atoms with E-state index in [1.165, 1.54) is 6.92 Å². The molecule has 25 heavy (non-hydrogen) atoms. The summed E-state index contributed by atoms with van der Waals surface area (Å²) in [7, 11) is 0. The summed E-state index contributed by atoms with van der Waals surface area (Å²) in [4.78, 5) is 51.2. The molecule has 6 heteroatoms. The SMILES string of the molecule is CC(=O)CN(CCN(CC(=O)C(C)C)C(=O)C(C)C)CC(=O)C(C)C. The van der Waals surface area contributed by atoms with E-state index in [4.69, 9.17) is 0 Å². The van der Waals surface area contributed by atoms with E-state index in [0.717, 1.165) is 0 Å². The second kappa shape index (κ2) is 11.1. The first-order chi connectivity index (χ1) is 11.5. The zero-order valence-electron chi connectivity index (χ0n) is 16.8. The molecule has 0 aliphatic rings. The van der Waals surface area contributed by atoms with Crippen molar-refractivity contribution in [2.75, 3.05) is 32.7 Å². The molecular formula is C19H34N2O4. The highest BCUT2D eigenvalue weighted by Gasteiger charge is 2.23. The third-order valence-corrected chi connectivity index (χ3v) is 3.95. The molecule has 0 aromatic rings. The van der Waals surface area contributed by atoms with Gasteiger partial charge in [-0.3, -0.25) is 24.1 Å². The zero-order chi connectivity index (χ0) is 19.7. The average molecular weight is 354 g/mol. The van der Waals surface area contributed by atoms with Crippen LogP contribution >= 0.6 is 0 Å². The average Bonchev–Trinajstić information content (AvgIpc) is 2.48. The molecule has 6 nitrogen and oxygen atoms in total. The van der Waals surface area contributed by atoms with Gasteiger partial charge in [-0.05, 0) is 6.92 Å². The molecule has 0 atom stereocenters. The van der Waals surface area contributed by atoms with Gasteiger partial charge in [-0.25, -0.2) is 0 Å². The van der Waals surface area contributed by atoms with Crippen molar-refractivity contribution < 1.29 is 19.2 Å². The minimum absolute atomic E-state index is 0.00498. The van der Waals surface area contributed by atoms with E-state index in [9.17, 15) is 19.2 Å². The maximum atomic E-state index is 12.4. The molecule has 0 aromatic heterocycles. The zero-order valence-corrected chi connectivity index (χ0v) is 16.8. The van der Waals surface area contributed by atoms with Crippen LogP contribution in [0.3, 0.4) is 0 Å². The maximum Gasteiger partial charge on any atom is 0.225 e. The van der Waals surface area contributed by atoms with E-state index >= 15 is 0 Å². The Hall–Kier alpha value is -1.56. The van der Waals surface area contributed by atoms with E-state index in [1.54, 1.807) is 23.6 Å². The predicted molar refractivity (Wildman–Crippen MR) is 98.2 cm³/mol. The molecule has 1 amide bonds. The van der Waals surface area contributed by atoms with Crippen LogP contribution in [0.4, 0.5) is 0 Å². The Morgan fingerprint density at radius 3 is 1.56 bits per heavy atom. The summed E-state index contributed by atoms with van der Waals surface area (Å²) in [5.74, 6) is -0.516. The molecule has 0 spiro atoms. The quantitative estimate of drug-likeness (QED) is 0.534. The molecule has 144 valence electrons. The van der Waals surface area contributed by atoms with Crippen LogP contribution in [0.1, 0.15) is 48.5 Å². The van der Waals surface area contributed by atoms with Crippen molar-refractivity contribution in [1.29, 1.82) is 0 Å². The van der Waals surface area contributed by atoms with Crippen LogP contribution in [0.5, 0.6) is 0 Å². The summed E-state index contributed by atoms with van der Waals surface area (Å²) in [6, 6.07) is 0. The van der Waals surface area contributed by atoms with Gasteiger partial charge in [0, 0.05) is 30.8 Å². The van der Waals surface area contributed by atoms with Crippen molar-refractivity contribution in [1.82, 2.24) is 9.80 Å². The van der Waals surface area contributed by atoms with Crippen LogP contribution in [-0.2, 0) is 19.2 Å². The highest BCUT2D eigenvalue weighted by atomic mass is 16.2. The Labute approximate surface area is 151 Å². The fourth-order valence-corrected chi connectivity index (χ4v) is 2.20. The molecule has 0 unspecified atom stereocenters. The molecular weight excluding hydrogens is 320 g/mol. The van der Waals surface area contributed by atoms with Gasteiger partial charge in [0.1, 0.15) is 11.6 Å². The van der Waals surface area contributed by atoms with Crippen molar-refractivity contribution >= 4 is 23.3 Å². The fraction of sp³-hybridized carbons (Fsp3) is 0.789. The number of amides is 1.